The second kappa shape index (κ2) is 9.42. The van der Waals surface area contributed by atoms with E-state index in [0.717, 1.165) is 47.7 Å². The quantitative estimate of drug-likeness (QED) is 0.320. The van der Waals surface area contributed by atoms with Gasteiger partial charge in [0.05, 0.1) is 6.54 Å². The molecule has 0 spiro atoms. The predicted molar refractivity (Wildman–Crippen MR) is 124 cm³/mol. The standard InChI is InChI=1S/C19H22ClN7.HI/c1-21-19(22-12-18-25-24-17-7-2-3-9-27(17)18)23-15-8-10-26(13-15)16-6-4-5-14(20)11-16;/h2-7,9,11,15H,8,10,12-13H2,1H3,(H2,21,22,23);1H. The summed E-state index contributed by atoms with van der Waals surface area (Å²) >= 11 is 6.11. The molecule has 0 radical (unpaired) electrons. The van der Waals surface area contributed by atoms with Crippen LogP contribution in [0.3, 0.4) is 0 Å². The summed E-state index contributed by atoms with van der Waals surface area (Å²) in [5.41, 5.74) is 2.00. The molecule has 4 rings (SSSR count). The van der Waals surface area contributed by atoms with Crippen molar-refractivity contribution in [1.82, 2.24) is 25.2 Å². The number of hydrogen-bond acceptors (Lipinski definition) is 4. The molecule has 7 nitrogen and oxygen atoms in total. The Balaban J connectivity index is 0.00000225. The molecule has 3 aromatic rings. The number of halogens is 2. The molecule has 1 aromatic carbocycles. The summed E-state index contributed by atoms with van der Waals surface area (Å²) in [5, 5.41) is 16.0. The fourth-order valence-electron chi connectivity index (χ4n) is 3.35. The summed E-state index contributed by atoms with van der Waals surface area (Å²) in [7, 11) is 1.78. The molecular weight excluding hydrogens is 489 g/mol. The van der Waals surface area contributed by atoms with Crippen LogP contribution >= 0.6 is 35.6 Å². The third kappa shape index (κ3) is 4.67. The Bertz CT molecular complexity index is 958. The van der Waals surface area contributed by atoms with Crippen LogP contribution in [0, 0.1) is 0 Å². The molecule has 1 saturated heterocycles. The van der Waals surface area contributed by atoms with Gasteiger partial charge in [-0.1, -0.05) is 23.7 Å². The lowest BCUT2D eigenvalue weighted by atomic mass is 10.3. The topological polar surface area (TPSA) is 69.8 Å². The molecule has 28 heavy (non-hydrogen) atoms. The van der Waals surface area contributed by atoms with Crippen LogP contribution in [0.1, 0.15) is 12.2 Å². The Morgan fingerprint density at radius 2 is 2.14 bits per heavy atom. The lowest BCUT2D eigenvalue weighted by Gasteiger charge is -2.20. The number of aromatic nitrogens is 3. The maximum absolute atomic E-state index is 6.11. The highest BCUT2D eigenvalue weighted by atomic mass is 127. The van der Waals surface area contributed by atoms with E-state index in [0.29, 0.717) is 12.6 Å². The summed E-state index contributed by atoms with van der Waals surface area (Å²) in [5.74, 6) is 1.61. The zero-order valence-corrected chi connectivity index (χ0v) is 18.6. The molecule has 0 bridgehead atoms. The van der Waals surface area contributed by atoms with Gasteiger partial charge in [-0.15, -0.1) is 34.2 Å². The molecule has 148 valence electrons. The van der Waals surface area contributed by atoms with E-state index in [1.807, 2.05) is 47.0 Å². The van der Waals surface area contributed by atoms with Crippen LogP contribution in [-0.4, -0.2) is 46.7 Å². The van der Waals surface area contributed by atoms with Gasteiger partial charge in [0.25, 0.3) is 0 Å². The zero-order valence-electron chi connectivity index (χ0n) is 15.5. The second-order valence-corrected chi connectivity index (χ2v) is 6.96. The Labute approximate surface area is 186 Å². The third-order valence-corrected chi connectivity index (χ3v) is 4.96. The molecule has 0 aliphatic carbocycles. The zero-order chi connectivity index (χ0) is 18.6. The molecule has 0 amide bonds. The van der Waals surface area contributed by atoms with E-state index >= 15 is 0 Å². The minimum Gasteiger partial charge on any atom is -0.369 e. The minimum absolute atomic E-state index is 0. The van der Waals surface area contributed by atoms with Gasteiger partial charge in [0.1, 0.15) is 0 Å². The number of nitrogens with one attached hydrogen (secondary N) is 2. The lowest BCUT2D eigenvalue weighted by Crippen LogP contribution is -2.44. The van der Waals surface area contributed by atoms with E-state index < -0.39 is 0 Å². The van der Waals surface area contributed by atoms with Crippen molar-refractivity contribution in [2.45, 2.75) is 19.0 Å². The van der Waals surface area contributed by atoms with Crippen LogP contribution in [-0.2, 0) is 6.54 Å². The van der Waals surface area contributed by atoms with Gasteiger partial charge in [-0.05, 0) is 36.8 Å². The van der Waals surface area contributed by atoms with Crippen LogP contribution in [0.25, 0.3) is 5.65 Å². The lowest BCUT2D eigenvalue weighted by molar-refractivity contribution is 0.644. The van der Waals surface area contributed by atoms with Gasteiger partial charge < -0.3 is 15.5 Å². The van der Waals surface area contributed by atoms with Crippen molar-refractivity contribution >= 4 is 52.9 Å². The van der Waals surface area contributed by atoms with Crippen molar-refractivity contribution in [2.75, 3.05) is 25.0 Å². The van der Waals surface area contributed by atoms with Crippen LogP contribution in [0.15, 0.2) is 53.7 Å². The van der Waals surface area contributed by atoms with Crippen molar-refractivity contribution in [3.05, 3.63) is 59.5 Å². The SMILES string of the molecule is CN=C(NCc1nnc2ccccn12)NC1CCN(c2cccc(Cl)c2)C1.I. The average Bonchev–Trinajstić information content (AvgIpc) is 3.32. The van der Waals surface area contributed by atoms with Crippen molar-refractivity contribution in [1.29, 1.82) is 0 Å². The molecule has 1 fully saturated rings. The Hall–Kier alpha value is -2.07. The number of benzene rings is 1. The molecule has 1 aliphatic rings. The fraction of sp³-hybridized carbons (Fsp3) is 0.316. The maximum atomic E-state index is 6.11. The summed E-state index contributed by atoms with van der Waals surface area (Å²) in [6.07, 6.45) is 3.00. The van der Waals surface area contributed by atoms with Gasteiger partial charge in [-0.2, -0.15) is 0 Å². The highest BCUT2D eigenvalue weighted by Gasteiger charge is 2.23. The monoisotopic (exact) mass is 511 g/mol. The van der Waals surface area contributed by atoms with Gasteiger partial charge >= 0.3 is 0 Å². The van der Waals surface area contributed by atoms with E-state index in [2.05, 4.69) is 36.8 Å². The number of aliphatic imine (C=N–C) groups is 1. The highest BCUT2D eigenvalue weighted by Crippen LogP contribution is 2.23. The van der Waals surface area contributed by atoms with Gasteiger partial charge in [0.15, 0.2) is 17.4 Å². The first-order chi connectivity index (χ1) is 13.2. The molecular formula is C19H23ClIN7. The fourth-order valence-corrected chi connectivity index (χ4v) is 3.53. The van der Waals surface area contributed by atoms with E-state index in [1.54, 1.807) is 7.05 Å². The Kier molecular flexibility index (Phi) is 6.95. The van der Waals surface area contributed by atoms with Crippen LogP contribution in [0.4, 0.5) is 5.69 Å². The minimum atomic E-state index is 0. The molecule has 9 heteroatoms. The number of fused-ring (bicyclic) bond motifs is 1. The number of nitrogens with zero attached hydrogens (tertiary/aromatic N) is 5. The summed E-state index contributed by atoms with van der Waals surface area (Å²) in [6, 6.07) is 14.2. The van der Waals surface area contributed by atoms with Crippen molar-refractivity contribution in [2.24, 2.45) is 4.99 Å². The Morgan fingerprint density at radius 1 is 1.25 bits per heavy atom. The number of hydrogen-bond donors (Lipinski definition) is 2. The molecule has 0 saturated carbocycles. The largest absolute Gasteiger partial charge is 0.369 e. The van der Waals surface area contributed by atoms with Gasteiger partial charge in [-0.25, -0.2) is 0 Å². The number of anilines is 1. The van der Waals surface area contributed by atoms with Crippen LogP contribution in [0.2, 0.25) is 5.02 Å². The van der Waals surface area contributed by atoms with Gasteiger partial charge in [0, 0.05) is 43.1 Å². The molecule has 3 heterocycles. The van der Waals surface area contributed by atoms with E-state index in [9.17, 15) is 0 Å². The van der Waals surface area contributed by atoms with Crippen molar-refractivity contribution in [3.63, 3.8) is 0 Å². The second-order valence-electron chi connectivity index (χ2n) is 6.53. The third-order valence-electron chi connectivity index (χ3n) is 4.72. The van der Waals surface area contributed by atoms with Crippen LogP contribution in [0.5, 0.6) is 0 Å². The summed E-state index contributed by atoms with van der Waals surface area (Å²) < 4.78 is 1.97. The van der Waals surface area contributed by atoms with E-state index in [-0.39, 0.29) is 24.0 Å². The molecule has 2 N–H and O–H groups in total. The average molecular weight is 512 g/mol. The number of guanidine groups is 1. The molecule has 1 unspecified atom stereocenters. The van der Waals surface area contributed by atoms with Crippen LogP contribution < -0.4 is 15.5 Å². The highest BCUT2D eigenvalue weighted by molar-refractivity contribution is 14.0. The maximum Gasteiger partial charge on any atom is 0.191 e. The first-order valence-electron chi connectivity index (χ1n) is 8.99. The number of pyridine rings is 1. The smallest absolute Gasteiger partial charge is 0.191 e. The van der Waals surface area contributed by atoms with Gasteiger partial charge in [-0.3, -0.25) is 9.39 Å². The van der Waals surface area contributed by atoms with Crippen molar-refractivity contribution in [3.8, 4) is 0 Å². The molecule has 2 aromatic heterocycles. The Morgan fingerprint density at radius 3 is 2.96 bits per heavy atom. The summed E-state index contributed by atoms with van der Waals surface area (Å²) in [6.45, 7) is 2.45. The molecule has 1 atom stereocenters. The predicted octanol–water partition coefficient (Wildman–Crippen LogP) is 2.94. The number of rotatable bonds is 4. The first-order valence-corrected chi connectivity index (χ1v) is 9.37. The van der Waals surface area contributed by atoms with E-state index in [1.165, 1.54) is 0 Å². The molecule has 1 aliphatic heterocycles. The van der Waals surface area contributed by atoms with E-state index in [4.69, 9.17) is 11.6 Å². The summed E-state index contributed by atoms with van der Waals surface area (Å²) in [4.78, 5) is 6.68. The first kappa shape index (κ1) is 20.7. The van der Waals surface area contributed by atoms with Gasteiger partial charge in [0.2, 0.25) is 0 Å². The van der Waals surface area contributed by atoms with Crippen molar-refractivity contribution < 1.29 is 0 Å². The normalized spacial score (nSPS) is 16.9.